The number of rotatable bonds is 8. The van der Waals surface area contributed by atoms with E-state index in [0.717, 1.165) is 18.0 Å². The Morgan fingerprint density at radius 3 is 2.71 bits per heavy atom. The largest absolute Gasteiger partial charge is 0.314 e. The van der Waals surface area contributed by atoms with Gasteiger partial charge >= 0.3 is 0 Å². The average Bonchev–Trinajstić information content (AvgIpc) is 3.10. The van der Waals surface area contributed by atoms with E-state index in [0.29, 0.717) is 0 Å². The van der Waals surface area contributed by atoms with Crippen LogP contribution in [0.15, 0.2) is 0 Å². The molecule has 0 amide bonds. The highest BCUT2D eigenvalue weighted by Gasteiger charge is 2.34. The van der Waals surface area contributed by atoms with Crippen molar-refractivity contribution < 1.29 is 0 Å². The number of nitrogens with zero attached hydrogens (tertiary/aromatic N) is 1. The van der Waals surface area contributed by atoms with Crippen molar-refractivity contribution in [1.29, 1.82) is 0 Å². The summed E-state index contributed by atoms with van der Waals surface area (Å²) in [6.45, 7) is 8.59. The third-order valence-electron chi connectivity index (χ3n) is 4.47. The number of hydrogen-bond donors (Lipinski definition) is 1. The lowest BCUT2D eigenvalue weighted by atomic mass is 10.1. The Labute approximate surface area is 107 Å². The molecule has 100 valence electrons. The Bertz CT molecular complexity index is 213. The smallest absolute Gasteiger partial charge is 0.00965 e. The van der Waals surface area contributed by atoms with Gasteiger partial charge in [0, 0.05) is 18.6 Å². The van der Waals surface area contributed by atoms with Gasteiger partial charge in [0.2, 0.25) is 0 Å². The number of likely N-dealkylation sites (tertiary alicyclic amines) is 1. The Morgan fingerprint density at radius 2 is 2.06 bits per heavy atom. The molecule has 1 aliphatic carbocycles. The van der Waals surface area contributed by atoms with Crippen LogP contribution in [0.2, 0.25) is 0 Å². The van der Waals surface area contributed by atoms with E-state index in [1.165, 1.54) is 64.6 Å². The van der Waals surface area contributed by atoms with Crippen molar-refractivity contribution in [2.45, 2.75) is 70.9 Å². The zero-order valence-electron chi connectivity index (χ0n) is 11.8. The molecule has 2 aliphatic rings. The second-order valence-electron chi connectivity index (χ2n) is 6.04. The van der Waals surface area contributed by atoms with Crippen LogP contribution >= 0.6 is 0 Å². The van der Waals surface area contributed by atoms with E-state index in [2.05, 4.69) is 24.1 Å². The summed E-state index contributed by atoms with van der Waals surface area (Å²) in [5.74, 6) is 0.922. The van der Waals surface area contributed by atoms with Crippen LogP contribution in [0.3, 0.4) is 0 Å². The standard InChI is InChI=1S/C15H30N2/c1-3-5-6-14(4-2)16-11-13-9-10-17(12-13)15-7-8-15/h13-16H,3-12H2,1-2H3. The molecule has 2 atom stereocenters. The molecule has 0 aromatic carbocycles. The first-order chi connectivity index (χ1) is 8.33. The molecular formula is C15H30N2. The molecule has 0 aromatic rings. The second kappa shape index (κ2) is 6.75. The fourth-order valence-corrected chi connectivity index (χ4v) is 3.03. The highest BCUT2D eigenvalue weighted by molar-refractivity contribution is 4.90. The van der Waals surface area contributed by atoms with E-state index >= 15 is 0 Å². The molecule has 0 spiro atoms. The molecule has 2 rings (SSSR count). The molecule has 2 unspecified atom stereocenters. The lowest BCUT2D eigenvalue weighted by molar-refractivity contribution is 0.307. The summed E-state index contributed by atoms with van der Waals surface area (Å²) in [4.78, 5) is 2.72. The lowest BCUT2D eigenvalue weighted by Crippen LogP contribution is -2.34. The first-order valence-electron chi connectivity index (χ1n) is 7.80. The quantitative estimate of drug-likeness (QED) is 0.699. The average molecular weight is 238 g/mol. The minimum Gasteiger partial charge on any atom is -0.314 e. The van der Waals surface area contributed by atoms with Crippen LogP contribution in [-0.2, 0) is 0 Å². The van der Waals surface area contributed by atoms with Crippen LogP contribution in [0.1, 0.15) is 58.8 Å². The maximum absolute atomic E-state index is 3.80. The fourth-order valence-electron chi connectivity index (χ4n) is 3.03. The summed E-state index contributed by atoms with van der Waals surface area (Å²) in [6.07, 6.45) is 9.72. The van der Waals surface area contributed by atoms with E-state index in [-0.39, 0.29) is 0 Å². The van der Waals surface area contributed by atoms with Crippen LogP contribution in [0.25, 0.3) is 0 Å². The van der Waals surface area contributed by atoms with Gasteiger partial charge in [-0.25, -0.2) is 0 Å². The van der Waals surface area contributed by atoms with Crippen LogP contribution in [0.5, 0.6) is 0 Å². The third kappa shape index (κ3) is 4.26. The summed E-state index contributed by atoms with van der Waals surface area (Å²) in [5, 5.41) is 3.80. The molecule has 0 aromatic heterocycles. The van der Waals surface area contributed by atoms with Crippen LogP contribution in [-0.4, -0.2) is 36.6 Å². The zero-order chi connectivity index (χ0) is 12.1. The molecule has 1 aliphatic heterocycles. The van der Waals surface area contributed by atoms with Gasteiger partial charge in [-0.15, -0.1) is 0 Å². The monoisotopic (exact) mass is 238 g/mol. The van der Waals surface area contributed by atoms with Crippen molar-refractivity contribution >= 4 is 0 Å². The van der Waals surface area contributed by atoms with E-state index in [9.17, 15) is 0 Å². The van der Waals surface area contributed by atoms with Gasteiger partial charge in [0.15, 0.2) is 0 Å². The first kappa shape index (κ1) is 13.4. The number of nitrogens with one attached hydrogen (secondary N) is 1. The van der Waals surface area contributed by atoms with E-state index < -0.39 is 0 Å². The van der Waals surface area contributed by atoms with Crippen molar-refractivity contribution in [2.75, 3.05) is 19.6 Å². The number of hydrogen-bond acceptors (Lipinski definition) is 2. The second-order valence-corrected chi connectivity index (χ2v) is 6.04. The zero-order valence-corrected chi connectivity index (χ0v) is 11.8. The summed E-state index contributed by atoms with van der Waals surface area (Å²) in [7, 11) is 0. The topological polar surface area (TPSA) is 15.3 Å². The molecule has 17 heavy (non-hydrogen) atoms. The predicted molar refractivity (Wildman–Crippen MR) is 74.3 cm³/mol. The summed E-state index contributed by atoms with van der Waals surface area (Å²) < 4.78 is 0. The molecule has 2 nitrogen and oxygen atoms in total. The van der Waals surface area contributed by atoms with E-state index in [4.69, 9.17) is 0 Å². The maximum Gasteiger partial charge on any atom is 0.00965 e. The highest BCUT2D eigenvalue weighted by Crippen LogP contribution is 2.31. The van der Waals surface area contributed by atoms with E-state index in [1.807, 2.05) is 0 Å². The summed E-state index contributed by atoms with van der Waals surface area (Å²) >= 11 is 0. The van der Waals surface area contributed by atoms with Gasteiger partial charge in [-0.3, -0.25) is 0 Å². The molecule has 2 heteroatoms. The lowest BCUT2D eigenvalue weighted by Gasteiger charge is -2.20. The minimum atomic E-state index is 0.768. The highest BCUT2D eigenvalue weighted by atomic mass is 15.2. The van der Waals surface area contributed by atoms with Crippen LogP contribution in [0.4, 0.5) is 0 Å². The van der Waals surface area contributed by atoms with E-state index in [1.54, 1.807) is 0 Å². The van der Waals surface area contributed by atoms with Gasteiger partial charge in [0.05, 0.1) is 0 Å². The van der Waals surface area contributed by atoms with Crippen molar-refractivity contribution in [2.24, 2.45) is 5.92 Å². The third-order valence-corrected chi connectivity index (χ3v) is 4.47. The minimum absolute atomic E-state index is 0.768. The van der Waals surface area contributed by atoms with Gasteiger partial charge < -0.3 is 10.2 Å². The normalized spacial score (nSPS) is 27.5. The first-order valence-corrected chi connectivity index (χ1v) is 7.80. The molecule has 1 saturated heterocycles. The van der Waals surface area contributed by atoms with Crippen molar-refractivity contribution in [3.05, 3.63) is 0 Å². The SMILES string of the molecule is CCCCC(CC)NCC1CCN(C2CC2)C1. The summed E-state index contributed by atoms with van der Waals surface area (Å²) in [6, 6.07) is 1.74. The maximum atomic E-state index is 3.80. The summed E-state index contributed by atoms with van der Waals surface area (Å²) in [5.41, 5.74) is 0. The predicted octanol–water partition coefficient (Wildman–Crippen LogP) is 3.03. The van der Waals surface area contributed by atoms with Gasteiger partial charge in [-0.2, -0.15) is 0 Å². The van der Waals surface area contributed by atoms with Crippen molar-refractivity contribution in [3.63, 3.8) is 0 Å². The van der Waals surface area contributed by atoms with Crippen molar-refractivity contribution in [1.82, 2.24) is 10.2 Å². The van der Waals surface area contributed by atoms with Gasteiger partial charge in [0.25, 0.3) is 0 Å². The van der Waals surface area contributed by atoms with Crippen molar-refractivity contribution in [3.8, 4) is 0 Å². The van der Waals surface area contributed by atoms with Crippen LogP contribution < -0.4 is 5.32 Å². The molecular weight excluding hydrogens is 208 g/mol. The Balaban J connectivity index is 1.60. The van der Waals surface area contributed by atoms with Gasteiger partial charge in [-0.1, -0.05) is 26.7 Å². The van der Waals surface area contributed by atoms with Gasteiger partial charge in [0.1, 0.15) is 0 Å². The molecule has 1 saturated carbocycles. The molecule has 0 radical (unpaired) electrons. The molecule has 1 heterocycles. The Morgan fingerprint density at radius 1 is 1.24 bits per heavy atom. The van der Waals surface area contributed by atoms with Gasteiger partial charge in [-0.05, 0) is 51.1 Å². The van der Waals surface area contributed by atoms with Crippen LogP contribution in [0, 0.1) is 5.92 Å². The Kier molecular flexibility index (Phi) is 5.30. The molecule has 1 N–H and O–H groups in total. The molecule has 2 fully saturated rings. The molecule has 0 bridgehead atoms. The fraction of sp³-hybridized carbons (Fsp3) is 1.00. The Hall–Kier alpha value is -0.0800. The number of unbranched alkanes of at least 4 members (excludes halogenated alkanes) is 1.